The summed E-state index contributed by atoms with van der Waals surface area (Å²) in [4.78, 5) is 73.0. The van der Waals surface area contributed by atoms with Crippen LogP contribution >= 0.6 is 15.6 Å². The predicted octanol–water partition coefficient (Wildman–Crippen LogP) is 24.1. The molecule has 0 spiro atoms. The number of ether oxygens (including phenoxy) is 4. The zero-order valence-corrected chi connectivity index (χ0v) is 67.5. The molecule has 0 aliphatic heterocycles. The van der Waals surface area contributed by atoms with Crippen LogP contribution in [0.1, 0.15) is 421 Å². The fraction of sp³-hybridized carbons (Fsp3) is 0.951. The highest BCUT2D eigenvalue weighted by Gasteiger charge is 2.30. The third-order valence-electron chi connectivity index (χ3n) is 19.2. The van der Waals surface area contributed by atoms with Gasteiger partial charge in [0.2, 0.25) is 0 Å². The third-order valence-corrected chi connectivity index (χ3v) is 21.1. The fourth-order valence-electron chi connectivity index (χ4n) is 12.5. The Hall–Kier alpha value is -1.94. The van der Waals surface area contributed by atoms with Crippen molar-refractivity contribution >= 4 is 39.5 Å². The first-order valence-corrected chi connectivity index (χ1v) is 44.9. The molecule has 19 heteroatoms. The van der Waals surface area contributed by atoms with Gasteiger partial charge in [0.15, 0.2) is 12.2 Å². The van der Waals surface area contributed by atoms with Gasteiger partial charge in [-0.05, 0) is 43.4 Å². The van der Waals surface area contributed by atoms with E-state index in [1.54, 1.807) is 0 Å². The highest BCUT2D eigenvalue weighted by atomic mass is 31.2. The van der Waals surface area contributed by atoms with Gasteiger partial charge in [-0.1, -0.05) is 370 Å². The standard InChI is InChI=1S/C81H158O17P2/c1-8-10-11-12-13-14-15-16-24-27-34-41-48-55-62-78(83)91-68-76(97-80(85)64-57-50-43-35-28-25-22-20-18-17-19-21-23-26-33-40-47-54-61-74(7)9-2)70-95-99(87,88)93-66-75(82)67-94-100(89,90)96-71-77(98-81(86)65-58-51-44-37-30-32-39-46-53-60-73(5)6)69-92-79(84)63-56-49-42-36-29-31-38-45-52-59-72(3)4/h72-77,82H,8-71H2,1-7H3,(H,87,88)(H,89,90)/t74?,75-,76-,77-/m1/s1. The summed E-state index contributed by atoms with van der Waals surface area (Å²) in [7, 11) is -9.92. The van der Waals surface area contributed by atoms with E-state index >= 15 is 0 Å². The Bertz CT molecular complexity index is 1940. The number of rotatable bonds is 79. The molecule has 594 valence electrons. The van der Waals surface area contributed by atoms with Crippen LogP contribution in [0.5, 0.6) is 0 Å². The second-order valence-corrected chi connectivity index (χ2v) is 33.3. The van der Waals surface area contributed by atoms with Crippen LogP contribution in [0, 0.1) is 17.8 Å². The van der Waals surface area contributed by atoms with Crippen LogP contribution < -0.4 is 0 Å². The van der Waals surface area contributed by atoms with Gasteiger partial charge in [-0.2, -0.15) is 0 Å². The van der Waals surface area contributed by atoms with E-state index < -0.39 is 97.5 Å². The molecule has 0 rings (SSSR count). The quantitative estimate of drug-likeness (QED) is 0.0222. The van der Waals surface area contributed by atoms with Gasteiger partial charge in [-0.15, -0.1) is 0 Å². The van der Waals surface area contributed by atoms with Crippen molar-refractivity contribution in [3.63, 3.8) is 0 Å². The Labute approximate surface area is 613 Å². The number of unbranched alkanes of at least 4 members (excludes halogenated alkanes) is 46. The molecule has 0 radical (unpaired) electrons. The fourth-order valence-corrected chi connectivity index (χ4v) is 14.0. The zero-order chi connectivity index (χ0) is 73.7. The number of aliphatic hydroxyl groups excluding tert-OH is 1. The number of hydrogen-bond acceptors (Lipinski definition) is 15. The normalized spacial score (nSPS) is 14.2. The van der Waals surface area contributed by atoms with E-state index in [4.69, 9.17) is 37.0 Å². The molecular formula is C81H158O17P2. The topological polar surface area (TPSA) is 237 Å². The number of esters is 4. The maximum absolute atomic E-state index is 13.1. The summed E-state index contributed by atoms with van der Waals surface area (Å²) in [5.74, 6) is 0.240. The van der Waals surface area contributed by atoms with Crippen LogP contribution in [0.2, 0.25) is 0 Å². The second-order valence-electron chi connectivity index (χ2n) is 30.4. The van der Waals surface area contributed by atoms with Crippen LogP contribution in [0.15, 0.2) is 0 Å². The Morgan fingerprint density at radius 3 is 0.760 bits per heavy atom. The Kier molecular flexibility index (Phi) is 69.9. The average molecular weight is 1470 g/mol. The summed E-state index contributed by atoms with van der Waals surface area (Å²) in [5, 5.41) is 10.6. The molecule has 0 aliphatic rings. The maximum Gasteiger partial charge on any atom is 0.472 e. The number of carbonyl (C=O) groups is 4. The molecule has 0 bridgehead atoms. The van der Waals surface area contributed by atoms with Crippen LogP contribution in [-0.2, 0) is 65.4 Å². The van der Waals surface area contributed by atoms with Crippen LogP contribution in [-0.4, -0.2) is 96.7 Å². The number of hydrogen-bond donors (Lipinski definition) is 3. The largest absolute Gasteiger partial charge is 0.472 e. The molecule has 0 aromatic carbocycles. The predicted molar refractivity (Wildman–Crippen MR) is 409 cm³/mol. The first kappa shape index (κ1) is 98.1. The zero-order valence-electron chi connectivity index (χ0n) is 65.7. The molecule has 0 heterocycles. The maximum atomic E-state index is 13.1. The highest BCUT2D eigenvalue weighted by Crippen LogP contribution is 2.45. The molecule has 0 saturated carbocycles. The lowest BCUT2D eigenvalue weighted by Gasteiger charge is -2.21. The van der Waals surface area contributed by atoms with Crippen molar-refractivity contribution in [2.75, 3.05) is 39.6 Å². The van der Waals surface area contributed by atoms with Crippen molar-refractivity contribution < 1.29 is 80.2 Å². The van der Waals surface area contributed by atoms with Gasteiger partial charge < -0.3 is 33.8 Å². The molecule has 3 unspecified atom stereocenters. The molecule has 0 aromatic heterocycles. The Balaban J connectivity index is 5.22. The molecule has 0 aliphatic carbocycles. The summed E-state index contributed by atoms with van der Waals surface area (Å²) >= 11 is 0. The minimum absolute atomic E-state index is 0.105. The SMILES string of the molecule is CCCCCCCCCCCCCCCCC(=O)OC[C@H](COP(=O)(O)OC[C@@H](O)COP(=O)(O)OC[C@@H](COC(=O)CCCCCCCCCCCC(C)C)OC(=O)CCCCCCCCCCCC(C)C)OC(=O)CCCCCCCCCCCCCCCCCCCCC(C)CC. The second kappa shape index (κ2) is 71.3. The van der Waals surface area contributed by atoms with E-state index in [1.807, 2.05) is 0 Å². The van der Waals surface area contributed by atoms with E-state index in [9.17, 15) is 43.2 Å². The van der Waals surface area contributed by atoms with Crippen molar-refractivity contribution in [2.24, 2.45) is 17.8 Å². The van der Waals surface area contributed by atoms with Gasteiger partial charge in [0, 0.05) is 25.7 Å². The number of phosphoric ester groups is 2. The van der Waals surface area contributed by atoms with Crippen LogP contribution in [0.3, 0.4) is 0 Å². The summed E-state index contributed by atoms with van der Waals surface area (Å²) in [6.07, 6.45) is 59.7. The van der Waals surface area contributed by atoms with E-state index in [2.05, 4.69) is 48.5 Å². The van der Waals surface area contributed by atoms with E-state index in [0.717, 1.165) is 108 Å². The van der Waals surface area contributed by atoms with E-state index in [-0.39, 0.29) is 25.7 Å². The molecule has 6 atom stereocenters. The van der Waals surface area contributed by atoms with E-state index in [1.165, 1.54) is 231 Å². The summed E-state index contributed by atoms with van der Waals surface area (Å²) in [6.45, 7) is 12.0. The minimum atomic E-state index is -4.96. The summed E-state index contributed by atoms with van der Waals surface area (Å²) in [5.41, 5.74) is 0. The highest BCUT2D eigenvalue weighted by molar-refractivity contribution is 7.47. The minimum Gasteiger partial charge on any atom is -0.462 e. The number of aliphatic hydroxyl groups is 1. The summed E-state index contributed by atoms with van der Waals surface area (Å²) < 4.78 is 68.7. The molecule has 0 aromatic rings. The number of carbonyl (C=O) groups excluding carboxylic acids is 4. The van der Waals surface area contributed by atoms with Crippen molar-refractivity contribution in [2.45, 2.75) is 439 Å². The molecule has 0 saturated heterocycles. The van der Waals surface area contributed by atoms with Gasteiger partial charge in [0.25, 0.3) is 0 Å². The van der Waals surface area contributed by atoms with E-state index in [0.29, 0.717) is 25.7 Å². The van der Waals surface area contributed by atoms with Crippen molar-refractivity contribution in [3.8, 4) is 0 Å². The van der Waals surface area contributed by atoms with Crippen molar-refractivity contribution in [3.05, 3.63) is 0 Å². The Morgan fingerprint density at radius 2 is 0.510 bits per heavy atom. The van der Waals surface area contributed by atoms with Gasteiger partial charge in [0.05, 0.1) is 26.4 Å². The van der Waals surface area contributed by atoms with Crippen molar-refractivity contribution in [1.29, 1.82) is 0 Å². The summed E-state index contributed by atoms with van der Waals surface area (Å²) in [6, 6.07) is 0. The molecule has 0 fully saturated rings. The lowest BCUT2D eigenvalue weighted by atomic mass is 9.99. The van der Waals surface area contributed by atoms with Gasteiger partial charge >= 0.3 is 39.5 Å². The van der Waals surface area contributed by atoms with Crippen molar-refractivity contribution in [1.82, 2.24) is 0 Å². The Morgan fingerprint density at radius 1 is 0.290 bits per heavy atom. The smallest absolute Gasteiger partial charge is 0.462 e. The van der Waals surface area contributed by atoms with Gasteiger partial charge in [0.1, 0.15) is 19.3 Å². The number of phosphoric acid groups is 2. The lowest BCUT2D eigenvalue weighted by molar-refractivity contribution is -0.161. The molecule has 3 N–H and O–H groups in total. The third kappa shape index (κ3) is 73.0. The molecular weight excluding hydrogens is 1310 g/mol. The van der Waals surface area contributed by atoms with Crippen LogP contribution in [0.25, 0.3) is 0 Å². The first-order chi connectivity index (χ1) is 48.3. The molecule has 100 heavy (non-hydrogen) atoms. The monoisotopic (exact) mass is 1470 g/mol. The van der Waals surface area contributed by atoms with Gasteiger partial charge in [-0.3, -0.25) is 37.3 Å². The molecule has 0 amide bonds. The van der Waals surface area contributed by atoms with Crippen LogP contribution in [0.4, 0.5) is 0 Å². The molecule has 17 nitrogen and oxygen atoms in total. The lowest BCUT2D eigenvalue weighted by Crippen LogP contribution is -2.30. The average Bonchev–Trinajstić information content (AvgIpc) is 1.26. The van der Waals surface area contributed by atoms with Gasteiger partial charge in [-0.25, -0.2) is 9.13 Å². The first-order valence-electron chi connectivity index (χ1n) is 41.9.